The number of aryl methyl sites for hydroxylation is 1. The number of piperidine rings is 2. The highest BCUT2D eigenvalue weighted by molar-refractivity contribution is 6.33. The molecule has 26 heavy (non-hydrogen) atoms. The molecule has 0 aromatic heterocycles. The summed E-state index contributed by atoms with van der Waals surface area (Å²) in [4.78, 5) is 29.1. The Morgan fingerprint density at radius 2 is 2.08 bits per heavy atom. The molecule has 1 aromatic rings. The van der Waals surface area contributed by atoms with Crippen molar-refractivity contribution in [3.63, 3.8) is 0 Å². The normalized spacial score (nSPS) is 26.3. The van der Waals surface area contributed by atoms with E-state index in [0.717, 1.165) is 57.3 Å². The Balaban J connectivity index is 1.46. The topological polar surface area (TPSA) is 52.7 Å². The smallest absolute Gasteiger partial charge is 0.321 e. The first-order chi connectivity index (χ1) is 12.5. The van der Waals surface area contributed by atoms with Gasteiger partial charge in [0.25, 0.3) is 0 Å². The summed E-state index contributed by atoms with van der Waals surface area (Å²) in [5.41, 5.74) is 1.71. The zero-order chi connectivity index (χ0) is 18.3. The Morgan fingerprint density at radius 1 is 1.27 bits per heavy atom. The van der Waals surface area contributed by atoms with Gasteiger partial charge in [0.05, 0.1) is 10.7 Å². The van der Waals surface area contributed by atoms with Crippen molar-refractivity contribution < 1.29 is 9.59 Å². The summed E-state index contributed by atoms with van der Waals surface area (Å²) >= 11 is 6.25. The fourth-order valence-corrected chi connectivity index (χ4v) is 4.72. The maximum atomic E-state index is 12.9. The maximum Gasteiger partial charge on any atom is 0.321 e. The van der Waals surface area contributed by atoms with Crippen molar-refractivity contribution in [2.24, 2.45) is 5.41 Å². The third-order valence-electron chi connectivity index (χ3n) is 6.09. The molecule has 3 amide bonds. The lowest BCUT2D eigenvalue weighted by atomic mass is 9.73. The summed E-state index contributed by atoms with van der Waals surface area (Å²) in [6, 6.07) is 5.99. The number of hydrogen-bond acceptors (Lipinski definition) is 2. The Bertz CT molecular complexity index is 714. The number of carbonyl (C=O) groups is 2. The summed E-state index contributed by atoms with van der Waals surface area (Å²) in [5, 5.41) is 3.56. The van der Waals surface area contributed by atoms with Crippen LogP contribution in [0.4, 0.5) is 10.5 Å². The van der Waals surface area contributed by atoms with Crippen molar-refractivity contribution in [3.05, 3.63) is 28.8 Å². The minimum atomic E-state index is -0.0878. The van der Waals surface area contributed by atoms with Gasteiger partial charge < -0.3 is 15.1 Å². The molecule has 1 aliphatic carbocycles. The molecule has 1 saturated carbocycles. The fourth-order valence-electron chi connectivity index (χ4n) is 4.45. The van der Waals surface area contributed by atoms with Gasteiger partial charge >= 0.3 is 6.03 Å². The van der Waals surface area contributed by atoms with Gasteiger partial charge in [-0.1, -0.05) is 23.7 Å². The van der Waals surface area contributed by atoms with Crippen molar-refractivity contribution in [1.82, 2.24) is 9.80 Å². The van der Waals surface area contributed by atoms with E-state index in [-0.39, 0.29) is 11.4 Å². The molecule has 3 fully saturated rings. The van der Waals surface area contributed by atoms with E-state index >= 15 is 0 Å². The summed E-state index contributed by atoms with van der Waals surface area (Å²) in [6.07, 6.45) is 5.87. The number of nitrogens with one attached hydrogen (secondary N) is 1. The van der Waals surface area contributed by atoms with Crippen LogP contribution in [-0.2, 0) is 4.79 Å². The van der Waals surface area contributed by atoms with Crippen LogP contribution in [-0.4, -0.2) is 47.4 Å². The number of para-hydroxylation sites is 1. The standard InChI is InChI=1S/C20H26ClN3O2/c1-14-4-2-5-16(21)18(14)22-19(26)23-11-3-9-20(12-23)10-8-17(25)24(13-20)15-6-7-15/h2,4-5,15H,3,6-13H2,1H3,(H,22,26). The molecule has 5 nitrogen and oxygen atoms in total. The first-order valence-electron chi connectivity index (χ1n) is 9.58. The van der Waals surface area contributed by atoms with Gasteiger partial charge in [0.1, 0.15) is 0 Å². The third kappa shape index (κ3) is 3.41. The molecular weight excluding hydrogens is 350 g/mol. The van der Waals surface area contributed by atoms with Gasteiger partial charge in [-0.15, -0.1) is 0 Å². The lowest BCUT2D eigenvalue weighted by Crippen LogP contribution is -2.56. The van der Waals surface area contributed by atoms with Crippen LogP contribution in [0.2, 0.25) is 5.02 Å². The van der Waals surface area contributed by atoms with Gasteiger partial charge in [-0.2, -0.15) is 0 Å². The lowest BCUT2D eigenvalue weighted by Gasteiger charge is -2.48. The van der Waals surface area contributed by atoms with E-state index in [2.05, 4.69) is 10.2 Å². The zero-order valence-corrected chi connectivity index (χ0v) is 16.0. The van der Waals surface area contributed by atoms with E-state index in [1.807, 2.05) is 24.0 Å². The molecular formula is C20H26ClN3O2. The highest BCUT2D eigenvalue weighted by Crippen LogP contribution is 2.42. The third-order valence-corrected chi connectivity index (χ3v) is 6.40. The van der Waals surface area contributed by atoms with Crippen LogP contribution in [0.1, 0.15) is 44.1 Å². The summed E-state index contributed by atoms with van der Waals surface area (Å²) in [6.45, 7) is 4.23. The number of likely N-dealkylation sites (tertiary alicyclic amines) is 2. The lowest BCUT2D eigenvalue weighted by molar-refractivity contribution is -0.139. The molecule has 1 atom stereocenters. The van der Waals surface area contributed by atoms with Crippen LogP contribution in [0, 0.1) is 12.3 Å². The predicted molar refractivity (Wildman–Crippen MR) is 102 cm³/mol. The molecule has 1 unspecified atom stereocenters. The van der Waals surface area contributed by atoms with Crippen molar-refractivity contribution in [3.8, 4) is 0 Å². The molecule has 1 aromatic carbocycles. The largest absolute Gasteiger partial charge is 0.339 e. The van der Waals surface area contributed by atoms with E-state index in [1.54, 1.807) is 6.07 Å². The second kappa shape index (κ2) is 6.76. The predicted octanol–water partition coefficient (Wildman–Crippen LogP) is 4.05. The molecule has 2 heterocycles. The van der Waals surface area contributed by atoms with Crippen LogP contribution >= 0.6 is 11.6 Å². The molecule has 1 N–H and O–H groups in total. The number of rotatable bonds is 2. The molecule has 6 heteroatoms. The van der Waals surface area contributed by atoms with Gasteiger partial charge in [-0.3, -0.25) is 4.79 Å². The Morgan fingerprint density at radius 3 is 2.81 bits per heavy atom. The van der Waals surface area contributed by atoms with E-state index in [1.165, 1.54) is 0 Å². The number of amides is 3. The van der Waals surface area contributed by atoms with Crippen molar-refractivity contribution in [2.45, 2.75) is 51.5 Å². The van der Waals surface area contributed by atoms with Crippen molar-refractivity contribution >= 4 is 29.2 Å². The Labute approximate surface area is 159 Å². The number of nitrogens with zero attached hydrogens (tertiary/aromatic N) is 2. The highest BCUT2D eigenvalue weighted by atomic mass is 35.5. The van der Waals surface area contributed by atoms with E-state index in [4.69, 9.17) is 11.6 Å². The highest BCUT2D eigenvalue weighted by Gasteiger charge is 2.46. The molecule has 1 spiro atoms. The van der Waals surface area contributed by atoms with Gasteiger partial charge in [-0.25, -0.2) is 4.79 Å². The SMILES string of the molecule is Cc1cccc(Cl)c1NC(=O)N1CCCC2(CCC(=O)N(C3CC3)C2)C1. The second-order valence-corrected chi connectivity index (χ2v) is 8.55. The van der Waals surface area contributed by atoms with Crippen LogP contribution in [0.25, 0.3) is 0 Å². The fraction of sp³-hybridized carbons (Fsp3) is 0.600. The number of benzene rings is 1. The monoisotopic (exact) mass is 375 g/mol. The van der Waals surface area contributed by atoms with E-state index in [9.17, 15) is 9.59 Å². The van der Waals surface area contributed by atoms with Gasteiger partial charge in [0, 0.05) is 37.5 Å². The van der Waals surface area contributed by atoms with Crippen LogP contribution in [0.5, 0.6) is 0 Å². The second-order valence-electron chi connectivity index (χ2n) is 8.14. The Hall–Kier alpha value is -1.75. The van der Waals surface area contributed by atoms with Gasteiger partial charge in [0.15, 0.2) is 0 Å². The summed E-state index contributed by atoms with van der Waals surface area (Å²) in [7, 11) is 0. The molecule has 4 rings (SSSR count). The quantitative estimate of drug-likeness (QED) is 0.847. The maximum absolute atomic E-state index is 12.9. The van der Waals surface area contributed by atoms with Crippen LogP contribution in [0.3, 0.4) is 0 Å². The minimum Gasteiger partial charge on any atom is -0.339 e. The first-order valence-corrected chi connectivity index (χ1v) is 9.96. The number of urea groups is 1. The number of carbonyl (C=O) groups excluding carboxylic acids is 2. The van der Waals surface area contributed by atoms with Gasteiger partial charge in [-0.05, 0) is 50.7 Å². The zero-order valence-electron chi connectivity index (χ0n) is 15.3. The molecule has 140 valence electrons. The average molecular weight is 376 g/mol. The molecule has 3 aliphatic rings. The van der Waals surface area contributed by atoms with Crippen molar-refractivity contribution in [2.75, 3.05) is 25.0 Å². The van der Waals surface area contributed by atoms with Crippen LogP contribution in [0.15, 0.2) is 18.2 Å². The average Bonchev–Trinajstić information content (AvgIpc) is 3.46. The molecule has 0 radical (unpaired) electrons. The number of hydrogen-bond donors (Lipinski definition) is 1. The number of halogens is 1. The Kier molecular flexibility index (Phi) is 4.59. The number of anilines is 1. The molecule has 2 saturated heterocycles. The van der Waals surface area contributed by atoms with Crippen molar-refractivity contribution in [1.29, 1.82) is 0 Å². The van der Waals surface area contributed by atoms with Gasteiger partial charge in [0.2, 0.25) is 5.91 Å². The molecule has 0 bridgehead atoms. The van der Waals surface area contributed by atoms with E-state index < -0.39 is 0 Å². The minimum absolute atomic E-state index is 0.0572. The summed E-state index contributed by atoms with van der Waals surface area (Å²) < 4.78 is 0. The van der Waals surface area contributed by atoms with E-state index in [0.29, 0.717) is 29.1 Å². The first kappa shape index (κ1) is 17.7. The summed E-state index contributed by atoms with van der Waals surface area (Å²) in [5.74, 6) is 0.298. The molecule has 2 aliphatic heterocycles. The van der Waals surface area contributed by atoms with Crippen LogP contribution < -0.4 is 5.32 Å².